The monoisotopic (exact) mass is 332 g/mol. The van der Waals surface area contributed by atoms with Gasteiger partial charge in [-0.3, -0.25) is 4.90 Å². The van der Waals surface area contributed by atoms with Crippen molar-refractivity contribution in [3.8, 4) is 0 Å². The number of fused-ring (bicyclic) bond motifs is 1. The third-order valence-electron chi connectivity index (χ3n) is 4.46. The molecule has 2 aliphatic rings. The van der Waals surface area contributed by atoms with Crippen molar-refractivity contribution < 1.29 is 12.8 Å². The standard InChI is InChI=1S/C14H18ClFN2O2S/c1-21(19,20)18-7-10-5-6-17(9-14(10)18)8-11-12(15)3-2-4-13(11)16/h2-4,10,14H,5-9H2,1H3. The SMILES string of the molecule is CS(=O)(=O)N1CC2CCN(Cc3c(F)cccc3Cl)CC21. The lowest BCUT2D eigenvalue weighted by atomic mass is 9.84. The van der Waals surface area contributed by atoms with Crippen molar-refractivity contribution >= 4 is 21.6 Å². The average Bonchev–Trinajstić information content (AvgIpc) is 2.35. The van der Waals surface area contributed by atoms with Crippen LogP contribution in [0.4, 0.5) is 4.39 Å². The predicted molar refractivity (Wildman–Crippen MR) is 80.1 cm³/mol. The summed E-state index contributed by atoms with van der Waals surface area (Å²) in [6, 6.07) is 4.70. The second-order valence-corrected chi connectivity index (χ2v) is 8.23. The zero-order valence-corrected chi connectivity index (χ0v) is 13.4. The molecule has 0 saturated carbocycles. The van der Waals surface area contributed by atoms with Crippen molar-refractivity contribution in [3.05, 3.63) is 34.6 Å². The highest BCUT2D eigenvalue weighted by Crippen LogP contribution is 2.35. The fraction of sp³-hybridized carbons (Fsp3) is 0.571. The molecule has 2 unspecified atom stereocenters. The van der Waals surface area contributed by atoms with Crippen molar-refractivity contribution in [2.75, 3.05) is 25.9 Å². The summed E-state index contributed by atoms with van der Waals surface area (Å²) in [5.74, 6) is 0.130. The Morgan fingerprint density at radius 1 is 1.38 bits per heavy atom. The molecule has 0 amide bonds. The van der Waals surface area contributed by atoms with E-state index in [1.165, 1.54) is 12.3 Å². The van der Waals surface area contributed by atoms with Crippen molar-refractivity contribution in [1.29, 1.82) is 0 Å². The summed E-state index contributed by atoms with van der Waals surface area (Å²) in [6.07, 6.45) is 2.19. The molecule has 0 aromatic heterocycles. The minimum absolute atomic E-state index is 0.0271. The van der Waals surface area contributed by atoms with Crippen LogP contribution in [0.2, 0.25) is 5.02 Å². The first-order chi connectivity index (χ1) is 9.86. The van der Waals surface area contributed by atoms with Crippen LogP contribution >= 0.6 is 11.6 Å². The molecule has 2 atom stereocenters. The molecule has 3 rings (SSSR count). The van der Waals surface area contributed by atoms with Crippen LogP contribution in [-0.2, 0) is 16.6 Å². The van der Waals surface area contributed by atoms with Crippen LogP contribution in [0.3, 0.4) is 0 Å². The summed E-state index contributed by atoms with van der Waals surface area (Å²) >= 11 is 6.06. The van der Waals surface area contributed by atoms with Gasteiger partial charge in [-0.1, -0.05) is 17.7 Å². The van der Waals surface area contributed by atoms with E-state index in [1.807, 2.05) is 0 Å². The Morgan fingerprint density at radius 2 is 2.14 bits per heavy atom. The van der Waals surface area contributed by atoms with Gasteiger partial charge in [0.2, 0.25) is 10.0 Å². The van der Waals surface area contributed by atoms with Crippen LogP contribution in [0, 0.1) is 11.7 Å². The lowest BCUT2D eigenvalue weighted by molar-refractivity contribution is 0.0107. The molecular formula is C14H18ClFN2O2S. The topological polar surface area (TPSA) is 40.6 Å². The first-order valence-electron chi connectivity index (χ1n) is 6.98. The van der Waals surface area contributed by atoms with Crippen molar-refractivity contribution in [3.63, 3.8) is 0 Å². The summed E-state index contributed by atoms with van der Waals surface area (Å²) in [6.45, 7) is 2.54. The molecule has 1 aromatic carbocycles. The molecule has 0 radical (unpaired) electrons. The van der Waals surface area contributed by atoms with Gasteiger partial charge < -0.3 is 0 Å². The van der Waals surface area contributed by atoms with E-state index < -0.39 is 10.0 Å². The number of likely N-dealkylation sites (tertiary alicyclic amines) is 1. The highest BCUT2D eigenvalue weighted by atomic mass is 35.5. The minimum atomic E-state index is -3.14. The second-order valence-electron chi connectivity index (χ2n) is 5.88. The maximum absolute atomic E-state index is 13.8. The molecule has 7 heteroatoms. The Bertz CT molecular complexity index is 632. The quantitative estimate of drug-likeness (QED) is 0.849. The van der Waals surface area contributed by atoms with E-state index in [9.17, 15) is 12.8 Å². The number of piperidine rings is 1. The molecule has 0 aliphatic carbocycles. The number of nitrogens with zero attached hydrogens (tertiary/aromatic N) is 2. The van der Waals surface area contributed by atoms with Gasteiger partial charge in [-0.2, -0.15) is 4.31 Å². The van der Waals surface area contributed by atoms with E-state index in [4.69, 9.17) is 11.6 Å². The van der Waals surface area contributed by atoms with Gasteiger partial charge >= 0.3 is 0 Å². The molecule has 0 N–H and O–H groups in total. The smallest absolute Gasteiger partial charge is 0.211 e. The molecular weight excluding hydrogens is 315 g/mol. The first-order valence-corrected chi connectivity index (χ1v) is 9.21. The number of sulfonamides is 1. The average molecular weight is 333 g/mol. The van der Waals surface area contributed by atoms with Crippen molar-refractivity contribution in [2.24, 2.45) is 5.92 Å². The number of rotatable bonds is 3. The molecule has 2 saturated heterocycles. The fourth-order valence-corrected chi connectivity index (χ4v) is 4.66. The highest BCUT2D eigenvalue weighted by molar-refractivity contribution is 7.88. The maximum atomic E-state index is 13.8. The van der Waals surface area contributed by atoms with Crippen LogP contribution in [0.1, 0.15) is 12.0 Å². The first kappa shape index (κ1) is 15.2. The maximum Gasteiger partial charge on any atom is 0.211 e. The number of hydrogen-bond acceptors (Lipinski definition) is 3. The number of halogens is 2. The number of hydrogen-bond donors (Lipinski definition) is 0. The second kappa shape index (κ2) is 5.50. The summed E-state index contributed by atoms with van der Waals surface area (Å²) in [5, 5.41) is 0.422. The van der Waals surface area contributed by atoms with Gasteiger partial charge in [0, 0.05) is 36.3 Å². The Morgan fingerprint density at radius 3 is 2.81 bits per heavy atom. The molecule has 0 bridgehead atoms. The molecule has 2 heterocycles. The van der Waals surface area contributed by atoms with E-state index >= 15 is 0 Å². The lowest BCUT2D eigenvalue weighted by Crippen LogP contribution is -2.65. The normalized spacial score (nSPS) is 27.2. The summed E-state index contributed by atoms with van der Waals surface area (Å²) in [4.78, 5) is 2.09. The zero-order valence-electron chi connectivity index (χ0n) is 11.8. The van der Waals surface area contributed by atoms with Gasteiger partial charge in [0.25, 0.3) is 0 Å². The van der Waals surface area contributed by atoms with Gasteiger partial charge in [-0.25, -0.2) is 12.8 Å². The van der Waals surface area contributed by atoms with Gasteiger partial charge in [0.05, 0.1) is 6.26 Å². The Balaban J connectivity index is 1.71. The fourth-order valence-electron chi connectivity index (χ4n) is 3.25. The van der Waals surface area contributed by atoms with Crippen LogP contribution in [0.5, 0.6) is 0 Å². The highest BCUT2D eigenvalue weighted by Gasteiger charge is 2.46. The van der Waals surface area contributed by atoms with Crippen molar-refractivity contribution in [2.45, 2.75) is 19.0 Å². The summed E-state index contributed by atoms with van der Waals surface area (Å²) in [7, 11) is -3.14. The minimum Gasteiger partial charge on any atom is -0.297 e. The van der Waals surface area contributed by atoms with Gasteiger partial charge in [-0.05, 0) is 31.0 Å². The number of benzene rings is 1. The summed E-state index contributed by atoms with van der Waals surface area (Å²) < 4.78 is 38.7. The van der Waals surface area contributed by atoms with E-state index in [1.54, 1.807) is 16.4 Å². The van der Waals surface area contributed by atoms with E-state index in [0.29, 0.717) is 36.1 Å². The third-order valence-corrected chi connectivity index (χ3v) is 6.09. The molecule has 4 nitrogen and oxygen atoms in total. The van der Waals surface area contributed by atoms with Crippen LogP contribution in [-0.4, -0.2) is 49.6 Å². The van der Waals surface area contributed by atoms with E-state index in [2.05, 4.69) is 4.90 Å². The lowest BCUT2D eigenvalue weighted by Gasteiger charge is -2.52. The molecule has 116 valence electrons. The molecule has 2 fully saturated rings. The van der Waals surface area contributed by atoms with E-state index in [0.717, 1.165) is 13.0 Å². The van der Waals surface area contributed by atoms with Crippen LogP contribution in [0.15, 0.2) is 18.2 Å². The largest absolute Gasteiger partial charge is 0.297 e. The van der Waals surface area contributed by atoms with Crippen LogP contribution in [0.25, 0.3) is 0 Å². The predicted octanol–water partition coefficient (Wildman–Crippen LogP) is 1.94. The molecule has 1 aromatic rings. The molecule has 0 spiro atoms. The zero-order chi connectivity index (χ0) is 15.2. The van der Waals surface area contributed by atoms with Crippen LogP contribution < -0.4 is 0 Å². The summed E-state index contributed by atoms with van der Waals surface area (Å²) in [5.41, 5.74) is 0.489. The van der Waals surface area contributed by atoms with E-state index in [-0.39, 0.29) is 11.9 Å². The Labute approximate surface area is 129 Å². The van der Waals surface area contributed by atoms with Gasteiger partial charge in [-0.15, -0.1) is 0 Å². The molecule has 21 heavy (non-hydrogen) atoms. The Kier molecular flexibility index (Phi) is 3.98. The Hall–Kier alpha value is -0.690. The van der Waals surface area contributed by atoms with Gasteiger partial charge in [0.1, 0.15) is 5.82 Å². The van der Waals surface area contributed by atoms with Gasteiger partial charge in [0.15, 0.2) is 0 Å². The third kappa shape index (κ3) is 2.95. The van der Waals surface area contributed by atoms with Crippen molar-refractivity contribution in [1.82, 2.24) is 9.21 Å². The molecule has 2 aliphatic heterocycles.